The van der Waals surface area contributed by atoms with E-state index in [0.717, 1.165) is 38.5 Å². The van der Waals surface area contributed by atoms with Crippen molar-refractivity contribution < 1.29 is 9.84 Å². The van der Waals surface area contributed by atoms with Gasteiger partial charge in [-0.2, -0.15) is 0 Å². The Bertz CT molecular complexity index is 553. The first-order valence-electron chi connectivity index (χ1n) is 9.98. The van der Waals surface area contributed by atoms with Crippen LogP contribution in [0.1, 0.15) is 32.3 Å². The van der Waals surface area contributed by atoms with Crippen LogP contribution >= 0.6 is 0 Å². The normalized spacial score (nSPS) is 23.2. The van der Waals surface area contributed by atoms with Gasteiger partial charge in [-0.15, -0.1) is 0 Å². The quantitative estimate of drug-likeness (QED) is 0.805. The highest BCUT2D eigenvalue weighted by atomic mass is 16.5. The van der Waals surface area contributed by atoms with E-state index in [9.17, 15) is 5.11 Å². The fourth-order valence-corrected chi connectivity index (χ4v) is 3.94. The minimum Gasteiger partial charge on any atom is -0.491 e. The lowest BCUT2D eigenvalue weighted by Crippen LogP contribution is -2.47. The number of piperazine rings is 1. The largest absolute Gasteiger partial charge is 0.491 e. The minimum absolute atomic E-state index is 0.308. The van der Waals surface area contributed by atoms with Crippen molar-refractivity contribution in [2.24, 2.45) is 0 Å². The van der Waals surface area contributed by atoms with Gasteiger partial charge in [0.05, 0.1) is 0 Å². The summed E-state index contributed by atoms with van der Waals surface area (Å²) in [6, 6.07) is 8.36. The summed E-state index contributed by atoms with van der Waals surface area (Å²) in [5.41, 5.74) is 1.63. The molecule has 2 aliphatic heterocycles. The van der Waals surface area contributed by atoms with E-state index in [0.29, 0.717) is 18.7 Å². The van der Waals surface area contributed by atoms with Gasteiger partial charge in [0.2, 0.25) is 0 Å². The van der Waals surface area contributed by atoms with Crippen molar-refractivity contribution in [2.45, 2.75) is 44.9 Å². The molecule has 1 aromatic rings. The van der Waals surface area contributed by atoms with Crippen molar-refractivity contribution >= 4 is 0 Å². The second-order valence-electron chi connectivity index (χ2n) is 8.55. The highest BCUT2D eigenvalue weighted by molar-refractivity contribution is 5.27. The SMILES string of the molecule is CN1CCN(C[C@@H](O)COc2ccc(CN3CCCC3(C)C)cc2)CC1. The van der Waals surface area contributed by atoms with Gasteiger partial charge in [-0.25, -0.2) is 0 Å². The number of aliphatic hydroxyl groups is 1. The van der Waals surface area contributed by atoms with Crippen LogP contribution < -0.4 is 4.74 Å². The van der Waals surface area contributed by atoms with Gasteiger partial charge in [-0.05, 0) is 58.0 Å². The van der Waals surface area contributed by atoms with Crippen LogP contribution in [0.2, 0.25) is 0 Å². The van der Waals surface area contributed by atoms with Crippen LogP contribution in [-0.2, 0) is 6.54 Å². The molecule has 2 fully saturated rings. The van der Waals surface area contributed by atoms with Crippen LogP contribution in [0.3, 0.4) is 0 Å². The van der Waals surface area contributed by atoms with Gasteiger partial charge in [-0.3, -0.25) is 9.80 Å². The molecule has 0 radical (unpaired) electrons. The Morgan fingerprint density at radius 2 is 1.77 bits per heavy atom. The summed E-state index contributed by atoms with van der Waals surface area (Å²) in [4.78, 5) is 7.20. The van der Waals surface area contributed by atoms with Gasteiger partial charge < -0.3 is 14.7 Å². The van der Waals surface area contributed by atoms with E-state index >= 15 is 0 Å². The van der Waals surface area contributed by atoms with Crippen LogP contribution in [0.4, 0.5) is 0 Å². The second kappa shape index (κ2) is 8.70. The van der Waals surface area contributed by atoms with Crippen molar-refractivity contribution in [1.29, 1.82) is 0 Å². The zero-order valence-corrected chi connectivity index (χ0v) is 16.7. The number of ether oxygens (including phenoxy) is 1. The van der Waals surface area contributed by atoms with E-state index in [1.54, 1.807) is 0 Å². The summed E-state index contributed by atoms with van der Waals surface area (Å²) < 4.78 is 5.80. The monoisotopic (exact) mass is 361 g/mol. The van der Waals surface area contributed by atoms with Crippen molar-refractivity contribution in [3.05, 3.63) is 29.8 Å². The summed E-state index contributed by atoms with van der Waals surface area (Å²) in [6.45, 7) is 12.1. The smallest absolute Gasteiger partial charge is 0.119 e. The first kappa shape index (κ1) is 19.6. The van der Waals surface area contributed by atoms with Crippen LogP contribution in [0.5, 0.6) is 5.75 Å². The maximum Gasteiger partial charge on any atom is 0.119 e. The van der Waals surface area contributed by atoms with Crippen LogP contribution in [0, 0.1) is 0 Å². The lowest BCUT2D eigenvalue weighted by Gasteiger charge is -2.33. The van der Waals surface area contributed by atoms with Crippen molar-refractivity contribution in [2.75, 3.05) is 52.9 Å². The number of rotatable bonds is 7. The topological polar surface area (TPSA) is 39.2 Å². The lowest BCUT2D eigenvalue weighted by molar-refractivity contribution is 0.0504. The fraction of sp³-hybridized carbons (Fsp3) is 0.714. The molecule has 0 aliphatic carbocycles. The third-order valence-corrected chi connectivity index (χ3v) is 5.88. The van der Waals surface area contributed by atoms with Gasteiger partial charge in [-0.1, -0.05) is 12.1 Å². The lowest BCUT2D eigenvalue weighted by atomic mass is 10.0. The highest BCUT2D eigenvalue weighted by Gasteiger charge is 2.31. The summed E-state index contributed by atoms with van der Waals surface area (Å²) in [5.74, 6) is 0.840. The van der Waals surface area contributed by atoms with Crippen molar-refractivity contribution in [3.8, 4) is 5.75 Å². The number of hydrogen-bond donors (Lipinski definition) is 1. The van der Waals surface area contributed by atoms with E-state index < -0.39 is 6.10 Å². The average molecular weight is 362 g/mol. The van der Waals surface area contributed by atoms with Gasteiger partial charge in [0.15, 0.2) is 0 Å². The van der Waals surface area contributed by atoms with Gasteiger partial charge in [0.25, 0.3) is 0 Å². The minimum atomic E-state index is -0.441. The third kappa shape index (κ3) is 5.43. The zero-order chi connectivity index (χ0) is 18.6. The number of benzene rings is 1. The molecule has 0 unspecified atom stereocenters. The molecule has 5 nitrogen and oxygen atoms in total. The van der Waals surface area contributed by atoms with Crippen LogP contribution in [-0.4, -0.2) is 84.4 Å². The standard InChI is InChI=1S/C21H35N3O2/c1-21(2)9-4-10-24(21)15-18-5-7-20(8-6-18)26-17-19(25)16-23-13-11-22(3)12-14-23/h5-8,19,25H,4,9-17H2,1-3H3/t19-/m1/s1. The molecule has 0 aromatic heterocycles. The summed E-state index contributed by atoms with van der Waals surface area (Å²) in [6.07, 6.45) is 2.13. The molecule has 1 N–H and O–H groups in total. The number of aliphatic hydroxyl groups excluding tert-OH is 1. The Hall–Kier alpha value is -1.14. The number of hydrogen-bond acceptors (Lipinski definition) is 5. The molecule has 1 aromatic carbocycles. The predicted molar refractivity (Wildman–Crippen MR) is 106 cm³/mol. The average Bonchev–Trinajstić information content (AvgIpc) is 2.95. The van der Waals surface area contributed by atoms with Crippen LogP contribution in [0.15, 0.2) is 24.3 Å². The number of likely N-dealkylation sites (tertiary alicyclic amines) is 1. The first-order valence-corrected chi connectivity index (χ1v) is 9.98. The number of nitrogens with zero attached hydrogens (tertiary/aromatic N) is 3. The maximum absolute atomic E-state index is 10.2. The summed E-state index contributed by atoms with van der Waals surface area (Å²) in [7, 11) is 2.14. The number of likely N-dealkylation sites (N-methyl/N-ethyl adjacent to an activating group) is 1. The van der Waals surface area contributed by atoms with E-state index in [2.05, 4.69) is 47.7 Å². The van der Waals surface area contributed by atoms with Gasteiger partial charge in [0, 0.05) is 44.8 Å². The molecule has 0 amide bonds. The Kier molecular flexibility index (Phi) is 6.56. The zero-order valence-electron chi connectivity index (χ0n) is 16.7. The van der Waals surface area contributed by atoms with E-state index in [-0.39, 0.29) is 0 Å². The molecular formula is C21H35N3O2. The van der Waals surface area contributed by atoms with Gasteiger partial charge in [0.1, 0.15) is 18.5 Å². The Labute approximate surface area is 158 Å². The second-order valence-corrected chi connectivity index (χ2v) is 8.55. The first-order chi connectivity index (χ1) is 12.4. The summed E-state index contributed by atoms with van der Waals surface area (Å²) >= 11 is 0. The predicted octanol–water partition coefficient (Wildman–Crippen LogP) is 2.05. The molecule has 146 valence electrons. The molecule has 26 heavy (non-hydrogen) atoms. The Balaban J connectivity index is 1.41. The fourth-order valence-electron chi connectivity index (χ4n) is 3.94. The van der Waals surface area contributed by atoms with Gasteiger partial charge >= 0.3 is 0 Å². The molecule has 2 heterocycles. The number of β-amino-alcohol motifs (C(OH)–C–C–N with tert-alkyl or cyclic N) is 1. The van der Waals surface area contributed by atoms with E-state index in [4.69, 9.17) is 4.74 Å². The Morgan fingerprint density at radius 3 is 2.38 bits per heavy atom. The maximum atomic E-state index is 10.2. The molecule has 3 rings (SSSR count). The molecule has 2 aliphatic rings. The molecule has 0 saturated carbocycles. The van der Waals surface area contributed by atoms with Crippen LogP contribution in [0.25, 0.3) is 0 Å². The molecule has 1 atom stereocenters. The molecule has 0 spiro atoms. The van der Waals surface area contributed by atoms with E-state index in [1.807, 2.05) is 12.1 Å². The molecule has 5 heteroatoms. The third-order valence-electron chi connectivity index (χ3n) is 5.88. The summed E-state index contributed by atoms with van der Waals surface area (Å²) in [5, 5.41) is 10.2. The van der Waals surface area contributed by atoms with Crippen molar-refractivity contribution in [1.82, 2.24) is 14.7 Å². The highest BCUT2D eigenvalue weighted by Crippen LogP contribution is 2.30. The molecule has 0 bridgehead atoms. The molecule has 2 saturated heterocycles. The Morgan fingerprint density at radius 1 is 1.08 bits per heavy atom. The van der Waals surface area contributed by atoms with E-state index in [1.165, 1.54) is 24.9 Å². The molecular weight excluding hydrogens is 326 g/mol. The van der Waals surface area contributed by atoms with Crippen molar-refractivity contribution in [3.63, 3.8) is 0 Å².